The minimum absolute atomic E-state index is 0.00221. The van der Waals surface area contributed by atoms with Crippen LogP contribution in [0.4, 0.5) is 0 Å². The van der Waals surface area contributed by atoms with Gasteiger partial charge in [0.25, 0.3) is 5.91 Å². The van der Waals surface area contributed by atoms with Crippen LogP contribution < -0.4 is 11.1 Å². The summed E-state index contributed by atoms with van der Waals surface area (Å²) in [7, 11) is 0. The predicted octanol–water partition coefficient (Wildman–Crippen LogP) is -0.0497. The van der Waals surface area contributed by atoms with Gasteiger partial charge in [-0.3, -0.25) is 9.59 Å². The summed E-state index contributed by atoms with van der Waals surface area (Å²) in [6, 6.07) is 0. The normalized spacial score (nSPS) is 16.4. The van der Waals surface area contributed by atoms with Gasteiger partial charge in [-0.2, -0.15) is 0 Å². The fraction of sp³-hybridized carbons (Fsp3) is 0.462. The molecule has 0 atom stereocenters. The lowest BCUT2D eigenvalue weighted by atomic mass is 9.85. The van der Waals surface area contributed by atoms with Crippen LogP contribution in [0.5, 0.6) is 0 Å². The van der Waals surface area contributed by atoms with Crippen molar-refractivity contribution in [3.05, 3.63) is 23.8 Å². The molecule has 1 heterocycles. The number of hydrogen-bond acceptors (Lipinski definition) is 5. The Morgan fingerprint density at radius 2 is 1.76 bits per heavy atom. The minimum atomic E-state index is -1.21. The molecule has 0 bridgehead atoms. The average Bonchev–Trinajstić information content (AvgIpc) is 2.95. The van der Waals surface area contributed by atoms with E-state index in [9.17, 15) is 14.4 Å². The Morgan fingerprint density at radius 1 is 1.19 bits per heavy atom. The Kier molecular flexibility index (Phi) is 4.15. The monoisotopic (exact) mass is 292 g/mol. The third-order valence-electron chi connectivity index (χ3n) is 3.77. The maximum absolute atomic E-state index is 11.9. The Balaban J connectivity index is 2.01. The van der Waals surface area contributed by atoms with Gasteiger partial charge in [-0.1, -0.05) is 12.8 Å². The van der Waals surface area contributed by atoms with Gasteiger partial charge in [-0.15, -0.1) is 0 Å². The van der Waals surface area contributed by atoms with Gasteiger partial charge in [-0.05, 0) is 12.8 Å². The van der Waals surface area contributed by atoms with E-state index in [1.54, 1.807) is 0 Å². The largest absolute Gasteiger partial charge is 0.476 e. The van der Waals surface area contributed by atoms with Crippen LogP contribution in [0, 0.1) is 5.41 Å². The third-order valence-corrected chi connectivity index (χ3v) is 3.77. The second-order valence-electron chi connectivity index (χ2n) is 5.13. The molecule has 8 heteroatoms. The quantitative estimate of drug-likeness (QED) is 0.696. The topological polar surface area (TPSA) is 135 Å². The molecule has 2 rings (SSSR count). The van der Waals surface area contributed by atoms with Gasteiger partial charge in [-0.25, -0.2) is 14.8 Å². The summed E-state index contributed by atoms with van der Waals surface area (Å²) in [6.45, 7) is 0.156. The number of carbonyl (C=O) groups is 3. The van der Waals surface area contributed by atoms with E-state index >= 15 is 0 Å². The molecule has 0 radical (unpaired) electrons. The van der Waals surface area contributed by atoms with E-state index < -0.39 is 23.2 Å². The standard InChI is InChI=1S/C13H16N4O4/c14-12(21)13(3-1-2-4-13)7-17-10(18)8-5-16-9(6-15-8)11(19)20/h5-6H,1-4,7H2,(H2,14,21)(H,17,18)(H,19,20). The zero-order chi connectivity index (χ0) is 15.5. The van der Waals surface area contributed by atoms with Gasteiger partial charge in [0.2, 0.25) is 5.91 Å². The highest BCUT2D eigenvalue weighted by Gasteiger charge is 2.39. The minimum Gasteiger partial charge on any atom is -0.476 e. The van der Waals surface area contributed by atoms with E-state index in [4.69, 9.17) is 10.8 Å². The van der Waals surface area contributed by atoms with Crippen LogP contribution in [0.3, 0.4) is 0 Å². The summed E-state index contributed by atoms with van der Waals surface area (Å²) < 4.78 is 0. The highest BCUT2D eigenvalue weighted by molar-refractivity contribution is 5.93. The molecule has 1 aliphatic rings. The lowest BCUT2D eigenvalue weighted by Gasteiger charge is -2.25. The number of hydrogen-bond donors (Lipinski definition) is 3. The van der Waals surface area contributed by atoms with Crippen molar-refractivity contribution in [3.63, 3.8) is 0 Å². The Labute approximate surface area is 120 Å². The van der Waals surface area contributed by atoms with Crippen LogP contribution in [-0.2, 0) is 4.79 Å². The molecule has 1 aliphatic carbocycles. The molecule has 1 aromatic heterocycles. The van der Waals surface area contributed by atoms with Gasteiger partial charge in [0.05, 0.1) is 17.8 Å². The summed E-state index contributed by atoms with van der Waals surface area (Å²) in [5, 5.41) is 11.3. The van der Waals surface area contributed by atoms with Crippen molar-refractivity contribution in [2.24, 2.45) is 11.1 Å². The second-order valence-corrected chi connectivity index (χ2v) is 5.13. The average molecular weight is 292 g/mol. The molecule has 4 N–H and O–H groups in total. The summed E-state index contributed by atoms with van der Waals surface area (Å²) in [5.41, 5.74) is 4.49. The highest BCUT2D eigenvalue weighted by Crippen LogP contribution is 2.37. The number of nitrogens with two attached hydrogens (primary N) is 1. The molecule has 1 aromatic rings. The van der Waals surface area contributed by atoms with Crippen molar-refractivity contribution >= 4 is 17.8 Å². The number of aromatic carboxylic acids is 1. The van der Waals surface area contributed by atoms with Crippen molar-refractivity contribution in [2.75, 3.05) is 6.54 Å². The number of carboxylic acids is 1. The van der Waals surface area contributed by atoms with E-state index in [1.165, 1.54) is 0 Å². The van der Waals surface area contributed by atoms with Gasteiger partial charge < -0.3 is 16.2 Å². The number of nitrogens with zero attached hydrogens (tertiary/aromatic N) is 2. The Bertz CT molecular complexity index is 564. The maximum Gasteiger partial charge on any atom is 0.356 e. The first-order valence-electron chi connectivity index (χ1n) is 6.58. The van der Waals surface area contributed by atoms with Crippen LogP contribution in [0.1, 0.15) is 46.7 Å². The molecule has 1 fully saturated rings. The van der Waals surface area contributed by atoms with Crippen molar-refractivity contribution in [3.8, 4) is 0 Å². The molecule has 112 valence electrons. The first-order chi connectivity index (χ1) is 9.94. The van der Waals surface area contributed by atoms with Crippen LogP contribution in [0.25, 0.3) is 0 Å². The SMILES string of the molecule is NC(=O)C1(CNC(=O)c2cnc(C(=O)O)cn2)CCCC1. The van der Waals surface area contributed by atoms with E-state index in [0.717, 1.165) is 25.2 Å². The molecule has 1 saturated carbocycles. The zero-order valence-corrected chi connectivity index (χ0v) is 11.3. The van der Waals surface area contributed by atoms with Crippen molar-refractivity contribution < 1.29 is 19.5 Å². The van der Waals surface area contributed by atoms with Gasteiger partial charge in [0.1, 0.15) is 5.69 Å². The van der Waals surface area contributed by atoms with Crippen LogP contribution in [0.2, 0.25) is 0 Å². The third kappa shape index (κ3) is 3.15. The van der Waals surface area contributed by atoms with Gasteiger partial charge >= 0.3 is 5.97 Å². The number of rotatable bonds is 5. The molecule has 0 spiro atoms. The zero-order valence-electron chi connectivity index (χ0n) is 11.3. The van der Waals surface area contributed by atoms with E-state index in [1.807, 2.05) is 0 Å². The Morgan fingerprint density at radius 3 is 2.24 bits per heavy atom. The lowest BCUT2D eigenvalue weighted by Crippen LogP contribution is -2.44. The number of nitrogens with one attached hydrogen (secondary N) is 1. The lowest BCUT2D eigenvalue weighted by molar-refractivity contribution is -0.127. The first kappa shape index (κ1) is 14.9. The molecule has 8 nitrogen and oxygen atoms in total. The van der Waals surface area contributed by atoms with Crippen LogP contribution in [0.15, 0.2) is 12.4 Å². The predicted molar refractivity (Wildman–Crippen MR) is 71.4 cm³/mol. The molecule has 0 aromatic carbocycles. The molecule has 2 amide bonds. The molecular weight excluding hydrogens is 276 g/mol. The first-order valence-corrected chi connectivity index (χ1v) is 6.58. The number of carboxylic acid groups (broad SMARTS) is 1. The summed E-state index contributed by atoms with van der Waals surface area (Å²) in [4.78, 5) is 41.5. The highest BCUT2D eigenvalue weighted by atomic mass is 16.4. The van der Waals surface area contributed by atoms with Crippen molar-refractivity contribution in [1.29, 1.82) is 0 Å². The number of aromatic nitrogens is 2. The van der Waals surface area contributed by atoms with Gasteiger partial charge in [0.15, 0.2) is 5.69 Å². The van der Waals surface area contributed by atoms with Crippen molar-refractivity contribution in [2.45, 2.75) is 25.7 Å². The Hall–Kier alpha value is -2.51. The van der Waals surface area contributed by atoms with Crippen LogP contribution >= 0.6 is 0 Å². The molecule has 21 heavy (non-hydrogen) atoms. The summed E-state index contributed by atoms with van der Waals surface area (Å²) in [6.07, 6.45) is 5.23. The second kappa shape index (κ2) is 5.86. The summed E-state index contributed by atoms with van der Waals surface area (Å²) >= 11 is 0. The number of primary amides is 1. The molecular formula is C13H16N4O4. The number of amides is 2. The molecule has 0 saturated heterocycles. The number of carbonyl (C=O) groups excluding carboxylic acids is 2. The smallest absolute Gasteiger partial charge is 0.356 e. The van der Waals surface area contributed by atoms with E-state index in [-0.39, 0.29) is 17.9 Å². The van der Waals surface area contributed by atoms with Gasteiger partial charge in [0, 0.05) is 6.54 Å². The molecule has 0 unspecified atom stereocenters. The van der Waals surface area contributed by atoms with E-state index in [2.05, 4.69) is 15.3 Å². The van der Waals surface area contributed by atoms with Crippen LogP contribution in [-0.4, -0.2) is 39.4 Å². The molecule has 0 aliphatic heterocycles. The maximum atomic E-state index is 11.9. The fourth-order valence-corrected chi connectivity index (χ4v) is 2.46. The summed E-state index contributed by atoms with van der Waals surface area (Å²) in [5.74, 6) is -2.13. The van der Waals surface area contributed by atoms with E-state index in [0.29, 0.717) is 12.8 Å². The fourth-order valence-electron chi connectivity index (χ4n) is 2.46. The van der Waals surface area contributed by atoms with Crippen molar-refractivity contribution in [1.82, 2.24) is 15.3 Å².